The molecule has 1 aliphatic carbocycles. The number of hydrogen-bond acceptors (Lipinski definition) is 4. The van der Waals surface area contributed by atoms with Crippen molar-refractivity contribution in [2.24, 2.45) is 5.41 Å². The Kier molecular flexibility index (Phi) is 9.49. The van der Waals surface area contributed by atoms with Gasteiger partial charge in [-0.2, -0.15) is 0 Å². The molecule has 0 bridgehead atoms. The van der Waals surface area contributed by atoms with Crippen molar-refractivity contribution in [3.05, 3.63) is 82.4 Å². The van der Waals surface area contributed by atoms with E-state index < -0.39 is 15.4 Å². The van der Waals surface area contributed by atoms with Crippen LogP contribution in [0.4, 0.5) is 0 Å². The molecule has 1 aliphatic heterocycles. The van der Waals surface area contributed by atoms with Crippen LogP contribution < -0.4 is 0 Å². The summed E-state index contributed by atoms with van der Waals surface area (Å²) >= 11 is 12.7. The highest BCUT2D eigenvalue weighted by molar-refractivity contribution is 7.90. The van der Waals surface area contributed by atoms with E-state index in [0.717, 1.165) is 11.1 Å². The number of allylic oxidation sites excluding steroid dienone is 1. The first kappa shape index (κ1) is 30.1. The molecule has 2 aromatic rings. The van der Waals surface area contributed by atoms with Gasteiger partial charge < -0.3 is 10.0 Å². The van der Waals surface area contributed by atoms with Crippen LogP contribution in [0.25, 0.3) is 0 Å². The van der Waals surface area contributed by atoms with Gasteiger partial charge in [0.2, 0.25) is 15.9 Å². The van der Waals surface area contributed by atoms with Crippen molar-refractivity contribution in [1.29, 1.82) is 0 Å². The highest BCUT2D eigenvalue weighted by atomic mass is 35.5. The molecule has 1 amide bonds. The lowest BCUT2D eigenvalue weighted by Gasteiger charge is -2.53. The van der Waals surface area contributed by atoms with Crippen LogP contribution in [0.3, 0.4) is 0 Å². The Hall–Kier alpha value is -1.90. The van der Waals surface area contributed by atoms with E-state index in [1.54, 1.807) is 13.1 Å². The predicted molar refractivity (Wildman–Crippen MR) is 157 cm³/mol. The predicted octanol–water partition coefficient (Wildman–Crippen LogP) is 6.20. The number of piperidine rings is 1. The number of carbonyl (C=O) groups excluding carboxylic acids is 1. The molecule has 4 atom stereocenters. The molecule has 0 spiro atoms. The molecule has 4 rings (SSSR count). The van der Waals surface area contributed by atoms with Gasteiger partial charge in [0.25, 0.3) is 0 Å². The maximum atomic E-state index is 14.6. The van der Waals surface area contributed by atoms with Crippen LogP contribution in [0.1, 0.15) is 68.5 Å². The van der Waals surface area contributed by atoms with Crippen molar-refractivity contribution in [3.63, 3.8) is 0 Å². The highest BCUT2D eigenvalue weighted by Crippen LogP contribution is 2.53. The normalized spacial score (nSPS) is 24.7. The van der Waals surface area contributed by atoms with E-state index in [1.165, 1.54) is 4.31 Å². The van der Waals surface area contributed by atoms with E-state index in [2.05, 4.69) is 6.58 Å². The molecule has 212 valence electrons. The van der Waals surface area contributed by atoms with Crippen LogP contribution in [0.2, 0.25) is 10.0 Å². The highest BCUT2D eigenvalue weighted by Gasteiger charge is 2.53. The quantitative estimate of drug-likeness (QED) is 0.298. The molecule has 1 heterocycles. The molecule has 2 fully saturated rings. The lowest BCUT2D eigenvalue weighted by atomic mass is 9.64. The summed E-state index contributed by atoms with van der Waals surface area (Å²) in [5.74, 6) is -0.243. The lowest BCUT2D eigenvalue weighted by molar-refractivity contribution is -0.157. The van der Waals surface area contributed by atoms with E-state index in [9.17, 15) is 18.3 Å². The summed E-state index contributed by atoms with van der Waals surface area (Å²) in [4.78, 5) is 16.5. The molecule has 4 unspecified atom stereocenters. The zero-order chi connectivity index (χ0) is 28.4. The second-order valence-corrected chi connectivity index (χ2v) is 14.1. The molecule has 1 saturated heterocycles. The number of carbonyl (C=O) groups is 1. The Morgan fingerprint density at radius 3 is 2.41 bits per heavy atom. The third-order valence-corrected chi connectivity index (χ3v) is 11.1. The Morgan fingerprint density at radius 1 is 1.15 bits per heavy atom. The van der Waals surface area contributed by atoms with Gasteiger partial charge in [-0.15, -0.1) is 6.58 Å². The van der Waals surface area contributed by atoms with Crippen LogP contribution >= 0.6 is 23.2 Å². The second kappa shape index (κ2) is 12.3. The van der Waals surface area contributed by atoms with E-state index in [1.807, 2.05) is 60.4 Å². The number of halogens is 2. The molecule has 0 aromatic heterocycles. The number of likely N-dealkylation sites (tertiary alicyclic amines) is 1. The minimum absolute atomic E-state index is 0.0845. The molecule has 1 saturated carbocycles. The summed E-state index contributed by atoms with van der Waals surface area (Å²) < 4.78 is 27.6. The van der Waals surface area contributed by atoms with Crippen LogP contribution in [-0.2, 0) is 14.8 Å². The number of benzene rings is 2. The Balaban J connectivity index is 1.89. The molecule has 9 heteroatoms. The summed E-state index contributed by atoms with van der Waals surface area (Å²) in [6.07, 6.45) is 4.84. The van der Waals surface area contributed by atoms with Crippen molar-refractivity contribution in [2.75, 3.05) is 20.2 Å². The minimum Gasteiger partial charge on any atom is -0.396 e. The van der Waals surface area contributed by atoms with Gasteiger partial charge in [-0.1, -0.05) is 60.5 Å². The van der Waals surface area contributed by atoms with Gasteiger partial charge in [-0.3, -0.25) is 4.79 Å². The average molecular weight is 594 g/mol. The minimum atomic E-state index is -3.43. The second-order valence-electron chi connectivity index (χ2n) is 10.9. The van der Waals surface area contributed by atoms with Crippen LogP contribution in [0.15, 0.2) is 61.2 Å². The maximum absolute atomic E-state index is 14.6. The smallest absolute Gasteiger partial charge is 0.230 e. The van der Waals surface area contributed by atoms with Crippen LogP contribution in [0, 0.1) is 5.41 Å². The van der Waals surface area contributed by atoms with Crippen molar-refractivity contribution < 1.29 is 18.3 Å². The SMILES string of the molecule is C=CCC1(CCO)CC(c2cccc(Cl)c2)C(c2ccc(Cl)cc2)N(C(CC)CN(C)S(=O)(=O)C2CC2)C1=O. The molecule has 2 aliphatic rings. The Labute approximate surface area is 242 Å². The number of amides is 1. The number of likely N-dealkylation sites (N-methyl/N-ethyl adjacent to an activating group) is 1. The maximum Gasteiger partial charge on any atom is 0.230 e. The number of aliphatic hydroxyl groups excluding tert-OH is 1. The first-order chi connectivity index (χ1) is 18.6. The average Bonchev–Trinajstić information content (AvgIpc) is 3.76. The first-order valence-corrected chi connectivity index (χ1v) is 15.8. The van der Waals surface area contributed by atoms with E-state index in [-0.39, 0.29) is 48.7 Å². The molecular formula is C30H38Cl2N2O4S. The lowest BCUT2D eigenvalue weighted by Crippen LogP contribution is -2.58. The van der Waals surface area contributed by atoms with Gasteiger partial charge in [0.1, 0.15) is 0 Å². The fraction of sp³-hybridized carbons (Fsp3) is 0.500. The fourth-order valence-corrected chi connectivity index (χ4v) is 8.05. The standard InChI is InChI=1S/C30H38Cl2N2O4S/c1-4-15-30(16-17-35)19-27(22-7-6-8-24(32)18-22)28(21-9-11-23(31)12-10-21)34(29(30)36)25(5-2)20-33(3)39(37,38)26-13-14-26/h4,6-12,18,25-28,35H,1,5,13-17,19-20H2,2-3H3. The summed E-state index contributed by atoms with van der Waals surface area (Å²) in [5, 5.41) is 11.0. The summed E-state index contributed by atoms with van der Waals surface area (Å²) in [6, 6.07) is 14.4. The van der Waals surface area contributed by atoms with Crippen molar-refractivity contribution in [1.82, 2.24) is 9.21 Å². The Morgan fingerprint density at radius 2 is 1.85 bits per heavy atom. The van der Waals surface area contributed by atoms with Gasteiger partial charge in [0.15, 0.2) is 0 Å². The zero-order valence-corrected chi connectivity index (χ0v) is 24.9. The van der Waals surface area contributed by atoms with E-state index in [0.29, 0.717) is 42.1 Å². The van der Waals surface area contributed by atoms with Gasteiger partial charge in [-0.25, -0.2) is 12.7 Å². The van der Waals surface area contributed by atoms with Gasteiger partial charge in [0, 0.05) is 42.2 Å². The number of nitrogens with zero attached hydrogens (tertiary/aromatic N) is 2. The molecule has 1 N–H and O–H groups in total. The molecule has 6 nitrogen and oxygen atoms in total. The van der Waals surface area contributed by atoms with E-state index in [4.69, 9.17) is 23.2 Å². The van der Waals surface area contributed by atoms with Crippen molar-refractivity contribution in [2.45, 2.75) is 68.7 Å². The number of aliphatic hydroxyl groups is 1. The topological polar surface area (TPSA) is 77.9 Å². The molecule has 39 heavy (non-hydrogen) atoms. The van der Waals surface area contributed by atoms with Crippen molar-refractivity contribution >= 4 is 39.1 Å². The first-order valence-electron chi connectivity index (χ1n) is 13.6. The molecule has 0 radical (unpaired) electrons. The largest absolute Gasteiger partial charge is 0.396 e. The molecular weight excluding hydrogens is 555 g/mol. The summed E-state index contributed by atoms with van der Waals surface area (Å²) in [6.45, 7) is 5.97. The molecule has 2 aromatic carbocycles. The third-order valence-electron chi connectivity index (χ3n) is 8.31. The monoisotopic (exact) mass is 592 g/mol. The van der Waals surface area contributed by atoms with E-state index >= 15 is 0 Å². The van der Waals surface area contributed by atoms with Gasteiger partial charge in [0.05, 0.1) is 16.7 Å². The number of sulfonamides is 1. The summed E-state index contributed by atoms with van der Waals surface area (Å²) in [7, 11) is -1.82. The van der Waals surface area contributed by atoms with Crippen LogP contribution in [0.5, 0.6) is 0 Å². The van der Waals surface area contributed by atoms with Crippen LogP contribution in [-0.4, -0.2) is 60.1 Å². The van der Waals surface area contributed by atoms with Gasteiger partial charge in [-0.05, 0) is 73.9 Å². The fourth-order valence-electron chi connectivity index (χ4n) is 6.10. The summed E-state index contributed by atoms with van der Waals surface area (Å²) in [5.41, 5.74) is 1.02. The van der Waals surface area contributed by atoms with Crippen molar-refractivity contribution in [3.8, 4) is 0 Å². The van der Waals surface area contributed by atoms with Gasteiger partial charge >= 0.3 is 0 Å². The number of hydrogen-bond donors (Lipinski definition) is 1. The number of rotatable bonds is 12. The third kappa shape index (κ3) is 6.23. The Bertz CT molecular complexity index is 1280. The zero-order valence-electron chi connectivity index (χ0n) is 22.6.